The summed E-state index contributed by atoms with van der Waals surface area (Å²) in [5.74, 6) is -1.43. The second kappa shape index (κ2) is 6.23. The van der Waals surface area contributed by atoms with Crippen LogP contribution in [-0.2, 0) is 19.4 Å². The smallest absolute Gasteiger partial charge is 0.254 e. The van der Waals surface area contributed by atoms with Crippen molar-refractivity contribution in [1.82, 2.24) is 10.6 Å². The molecule has 0 spiro atoms. The van der Waals surface area contributed by atoms with Crippen molar-refractivity contribution in [1.29, 1.82) is 0 Å². The molecule has 8 nitrogen and oxygen atoms in total. The minimum absolute atomic E-state index is 0.0495. The minimum atomic E-state index is -3.10. The number of rotatable bonds is 3. The minimum Gasteiger partial charge on any atom is -0.352 e. The van der Waals surface area contributed by atoms with Gasteiger partial charge in [-0.2, -0.15) is 0 Å². The third kappa shape index (κ3) is 3.56. The first-order valence-electron chi connectivity index (χ1n) is 7.54. The van der Waals surface area contributed by atoms with Crippen LogP contribution in [0.25, 0.3) is 0 Å². The Morgan fingerprint density at radius 2 is 2.00 bits per heavy atom. The number of carbonyl (C=O) groups is 3. The van der Waals surface area contributed by atoms with Crippen molar-refractivity contribution in [2.75, 3.05) is 16.8 Å². The number of anilines is 1. The van der Waals surface area contributed by atoms with Crippen LogP contribution in [0.1, 0.15) is 23.2 Å². The second-order valence-electron chi connectivity index (χ2n) is 5.93. The highest BCUT2D eigenvalue weighted by Gasteiger charge is 2.32. The zero-order valence-electron chi connectivity index (χ0n) is 12.7. The third-order valence-electron chi connectivity index (χ3n) is 4.04. The summed E-state index contributed by atoms with van der Waals surface area (Å²) >= 11 is 0. The van der Waals surface area contributed by atoms with Gasteiger partial charge in [-0.3, -0.25) is 14.4 Å². The number of nitrogens with one attached hydrogen (secondary N) is 3. The van der Waals surface area contributed by atoms with E-state index in [0.717, 1.165) is 0 Å². The fourth-order valence-corrected chi connectivity index (χ4v) is 4.51. The van der Waals surface area contributed by atoms with Crippen molar-refractivity contribution in [2.45, 2.75) is 24.9 Å². The Balaban J connectivity index is 1.64. The number of benzene rings is 1. The topological polar surface area (TPSA) is 121 Å². The lowest BCUT2D eigenvalue weighted by molar-refractivity contribution is -0.126. The molecule has 2 aliphatic rings. The zero-order chi connectivity index (χ0) is 17.3. The molecule has 128 valence electrons. The Kier molecular flexibility index (Phi) is 4.27. The molecule has 2 heterocycles. The molecule has 3 rings (SSSR count). The molecule has 2 atom stereocenters. The molecular weight excluding hydrogens is 334 g/mol. The molecule has 0 aromatic heterocycles. The molecule has 0 bridgehead atoms. The SMILES string of the molecule is O=C(C[C@H]1NC(=O)c2ccccc2NC1=O)N[C@H]1CCS(=O)(=O)C1. The van der Waals surface area contributed by atoms with Crippen molar-refractivity contribution in [3.8, 4) is 0 Å². The maximum absolute atomic E-state index is 12.2. The van der Waals surface area contributed by atoms with E-state index in [1.54, 1.807) is 24.3 Å². The van der Waals surface area contributed by atoms with Gasteiger partial charge >= 0.3 is 0 Å². The number of fused-ring (bicyclic) bond motifs is 1. The van der Waals surface area contributed by atoms with E-state index in [1.165, 1.54) is 0 Å². The quantitative estimate of drug-likeness (QED) is 0.673. The monoisotopic (exact) mass is 351 g/mol. The van der Waals surface area contributed by atoms with Gasteiger partial charge in [-0.25, -0.2) is 8.42 Å². The molecule has 3 amide bonds. The summed E-state index contributed by atoms with van der Waals surface area (Å²) in [5, 5.41) is 7.75. The van der Waals surface area contributed by atoms with Crippen molar-refractivity contribution in [3.05, 3.63) is 29.8 Å². The Morgan fingerprint density at radius 1 is 1.25 bits per heavy atom. The molecule has 2 aliphatic heterocycles. The van der Waals surface area contributed by atoms with Gasteiger partial charge in [0.1, 0.15) is 6.04 Å². The molecule has 0 unspecified atom stereocenters. The van der Waals surface area contributed by atoms with Gasteiger partial charge in [0.2, 0.25) is 11.8 Å². The molecule has 0 saturated carbocycles. The van der Waals surface area contributed by atoms with Crippen LogP contribution < -0.4 is 16.0 Å². The van der Waals surface area contributed by atoms with Gasteiger partial charge in [-0.1, -0.05) is 12.1 Å². The zero-order valence-corrected chi connectivity index (χ0v) is 13.6. The van der Waals surface area contributed by atoms with Gasteiger partial charge in [-0.15, -0.1) is 0 Å². The lowest BCUT2D eigenvalue weighted by Crippen LogP contribution is -2.46. The number of carbonyl (C=O) groups excluding carboxylic acids is 3. The van der Waals surface area contributed by atoms with E-state index >= 15 is 0 Å². The molecule has 1 fully saturated rings. The highest BCUT2D eigenvalue weighted by molar-refractivity contribution is 7.91. The second-order valence-corrected chi connectivity index (χ2v) is 8.16. The number of sulfone groups is 1. The summed E-state index contributed by atoms with van der Waals surface area (Å²) in [5.41, 5.74) is 0.723. The molecule has 9 heteroatoms. The van der Waals surface area contributed by atoms with Gasteiger partial charge < -0.3 is 16.0 Å². The van der Waals surface area contributed by atoms with Gasteiger partial charge in [0.25, 0.3) is 5.91 Å². The summed E-state index contributed by atoms with van der Waals surface area (Å²) in [6.45, 7) is 0. The summed E-state index contributed by atoms with van der Waals surface area (Å²) in [7, 11) is -3.10. The highest BCUT2D eigenvalue weighted by atomic mass is 32.2. The van der Waals surface area contributed by atoms with E-state index in [9.17, 15) is 22.8 Å². The normalized spacial score (nSPS) is 25.2. The van der Waals surface area contributed by atoms with E-state index in [4.69, 9.17) is 0 Å². The summed E-state index contributed by atoms with van der Waals surface area (Å²) < 4.78 is 22.8. The third-order valence-corrected chi connectivity index (χ3v) is 5.81. The number of para-hydroxylation sites is 1. The van der Waals surface area contributed by atoms with Crippen LogP contribution in [0.4, 0.5) is 5.69 Å². The number of hydrogen-bond donors (Lipinski definition) is 3. The van der Waals surface area contributed by atoms with Crippen LogP contribution in [0.5, 0.6) is 0 Å². The van der Waals surface area contributed by atoms with Crippen LogP contribution in [0.2, 0.25) is 0 Å². The maximum Gasteiger partial charge on any atom is 0.254 e. The average molecular weight is 351 g/mol. The van der Waals surface area contributed by atoms with Crippen molar-refractivity contribution in [3.63, 3.8) is 0 Å². The van der Waals surface area contributed by atoms with E-state index in [1.807, 2.05) is 0 Å². The predicted octanol–water partition coefficient (Wildman–Crippen LogP) is -0.569. The Bertz CT molecular complexity index is 805. The molecule has 1 aromatic rings. The van der Waals surface area contributed by atoms with Crippen LogP contribution in [-0.4, -0.2) is 49.7 Å². The molecule has 24 heavy (non-hydrogen) atoms. The first-order chi connectivity index (χ1) is 11.3. The molecule has 3 N–H and O–H groups in total. The van der Waals surface area contributed by atoms with Crippen LogP contribution >= 0.6 is 0 Å². The van der Waals surface area contributed by atoms with E-state index in [-0.39, 0.29) is 17.9 Å². The standard InChI is InChI=1S/C15H17N3O5S/c19-13(16-9-5-6-24(22,23)8-9)7-12-15(21)17-11-4-2-1-3-10(11)14(20)18-12/h1-4,9,12H,5-8H2,(H,16,19)(H,17,21)(H,18,20)/t9-,12+/m0/s1. The van der Waals surface area contributed by atoms with E-state index in [0.29, 0.717) is 17.7 Å². The fourth-order valence-electron chi connectivity index (χ4n) is 2.84. The summed E-state index contributed by atoms with van der Waals surface area (Å²) in [6.07, 6.45) is 0.116. The fraction of sp³-hybridized carbons (Fsp3) is 0.400. The molecule has 1 aromatic carbocycles. The number of amides is 3. The van der Waals surface area contributed by atoms with Gasteiger partial charge in [0, 0.05) is 6.04 Å². The van der Waals surface area contributed by atoms with Crippen molar-refractivity contribution < 1.29 is 22.8 Å². The molecule has 0 aliphatic carbocycles. The Morgan fingerprint density at radius 3 is 2.71 bits per heavy atom. The predicted molar refractivity (Wildman–Crippen MR) is 86.1 cm³/mol. The van der Waals surface area contributed by atoms with Gasteiger partial charge in [0.15, 0.2) is 9.84 Å². The summed E-state index contributed by atoms with van der Waals surface area (Å²) in [4.78, 5) is 36.4. The first kappa shape index (κ1) is 16.4. The largest absolute Gasteiger partial charge is 0.352 e. The maximum atomic E-state index is 12.2. The molecule has 1 saturated heterocycles. The lowest BCUT2D eigenvalue weighted by atomic mass is 10.1. The van der Waals surface area contributed by atoms with Crippen molar-refractivity contribution >= 4 is 33.2 Å². The summed E-state index contributed by atoms with van der Waals surface area (Å²) in [6, 6.07) is 5.11. The van der Waals surface area contributed by atoms with Crippen molar-refractivity contribution in [2.24, 2.45) is 0 Å². The lowest BCUT2D eigenvalue weighted by Gasteiger charge is -2.16. The average Bonchev–Trinajstić information content (AvgIpc) is 2.79. The van der Waals surface area contributed by atoms with E-state index < -0.39 is 39.6 Å². The van der Waals surface area contributed by atoms with Crippen LogP contribution in [0, 0.1) is 0 Å². The highest BCUT2D eigenvalue weighted by Crippen LogP contribution is 2.19. The Hall–Kier alpha value is -2.42. The van der Waals surface area contributed by atoms with Crippen LogP contribution in [0.15, 0.2) is 24.3 Å². The Labute approximate surface area is 138 Å². The first-order valence-corrected chi connectivity index (χ1v) is 9.37. The van der Waals surface area contributed by atoms with Crippen LogP contribution in [0.3, 0.4) is 0 Å². The van der Waals surface area contributed by atoms with Gasteiger partial charge in [0.05, 0.1) is 29.2 Å². The molecule has 0 radical (unpaired) electrons. The molecular formula is C15H17N3O5S. The van der Waals surface area contributed by atoms with E-state index in [2.05, 4.69) is 16.0 Å². The van der Waals surface area contributed by atoms with Gasteiger partial charge in [-0.05, 0) is 18.6 Å². The number of hydrogen-bond acceptors (Lipinski definition) is 5.